The summed E-state index contributed by atoms with van der Waals surface area (Å²) in [6, 6.07) is 17.5. The van der Waals surface area contributed by atoms with Crippen LogP contribution >= 0.6 is 0 Å². The molecule has 5 heterocycles. The lowest BCUT2D eigenvalue weighted by atomic mass is 10.0. The number of benzene rings is 2. The number of aromatic nitrogens is 3. The number of pyridine rings is 2. The highest BCUT2D eigenvalue weighted by atomic mass is 32.2. The molecule has 7 rings (SSSR count). The van der Waals surface area contributed by atoms with Gasteiger partial charge >= 0.3 is 0 Å². The van der Waals surface area contributed by atoms with Crippen molar-refractivity contribution in [2.45, 2.75) is 13.0 Å². The second-order valence-corrected chi connectivity index (χ2v) is 12.2. The first-order valence-electron chi connectivity index (χ1n) is 13.0. The maximum absolute atomic E-state index is 14.7. The predicted octanol–water partition coefficient (Wildman–Crippen LogP) is 6.22. The van der Waals surface area contributed by atoms with Crippen molar-refractivity contribution in [1.82, 2.24) is 14.5 Å². The number of rotatable bonds is 5. The van der Waals surface area contributed by atoms with Crippen LogP contribution in [0.25, 0.3) is 56.0 Å². The third-order valence-corrected chi connectivity index (χ3v) is 8.88. The number of nitrogens with zero attached hydrogens (tertiary/aromatic N) is 4. The van der Waals surface area contributed by atoms with Crippen molar-refractivity contribution < 1.29 is 26.4 Å². The van der Waals surface area contributed by atoms with E-state index in [1.165, 1.54) is 37.4 Å². The molecule has 8 nitrogen and oxygen atoms in total. The van der Waals surface area contributed by atoms with Crippen molar-refractivity contribution >= 4 is 44.1 Å². The molecule has 42 heavy (non-hydrogen) atoms. The van der Waals surface area contributed by atoms with Crippen molar-refractivity contribution in [3.63, 3.8) is 0 Å². The van der Waals surface area contributed by atoms with Crippen LogP contribution in [0.4, 0.5) is 14.6 Å². The van der Waals surface area contributed by atoms with E-state index in [4.69, 9.17) is 9.40 Å². The van der Waals surface area contributed by atoms with Gasteiger partial charge in [0, 0.05) is 30.1 Å². The fourth-order valence-corrected chi connectivity index (χ4v) is 5.98. The van der Waals surface area contributed by atoms with Crippen LogP contribution in [0.2, 0.25) is 0 Å². The summed E-state index contributed by atoms with van der Waals surface area (Å²) in [5.41, 5.74) is 4.59. The molecule has 0 spiro atoms. The van der Waals surface area contributed by atoms with Crippen LogP contribution < -0.4 is 4.31 Å². The quantitative estimate of drug-likeness (QED) is 0.223. The van der Waals surface area contributed by atoms with E-state index in [1.807, 2.05) is 16.7 Å². The summed E-state index contributed by atoms with van der Waals surface area (Å²) in [4.78, 5) is 21.8. The molecule has 210 valence electrons. The molecule has 11 heteroatoms. The molecule has 1 aliphatic rings. The molecule has 1 aliphatic heterocycles. The Balaban J connectivity index is 1.47. The molecule has 0 saturated carbocycles. The molecule has 0 saturated heterocycles. The highest BCUT2D eigenvalue weighted by Gasteiger charge is 2.27. The largest absolute Gasteiger partial charge is 0.437 e. The first kappa shape index (κ1) is 26.0. The number of aryl methyl sites for hydroxylation is 2. The van der Waals surface area contributed by atoms with Crippen LogP contribution in [0.3, 0.4) is 0 Å². The van der Waals surface area contributed by atoms with Crippen molar-refractivity contribution in [2.24, 2.45) is 0 Å². The van der Waals surface area contributed by atoms with E-state index in [0.717, 1.165) is 27.3 Å². The van der Waals surface area contributed by atoms with Crippen LogP contribution in [-0.4, -0.2) is 42.5 Å². The fraction of sp³-hybridized carbons (Fsp3) is 0.129. The zero-order chi connectivity index (χ0) is 29.3. The van der Waals surface area contributed by atoms with Gasteiger partial charge in [-0.15, -0.1) is 0 Å². The van der Waals surface area contributed by atoms with Crippen LogP contribution in [0.5, 0.6) is 0 Å². The standard InChI is InChI=1S/C31H22F2N4O4S/c1-36(42(2,39)40)30-22(14-20-23(16-38)29(41-31(20)35-30)18-6-9-19(32)10-7-18)25-11-8-17-12-13-37-26-5-3-4-24(33)21(26)15-27(37)28(17)34-25/h3-11,14-16H,12-13H2,1-2H3. The van der Waals surface area contributed by atoms with Gasteiger partial charge in [0.2, 0.25) is 15.7 Å². The molecule has 2 aromatic carbocycles. The smallest absolute Gasteiger partial charge is 0.233 e. The third-order valence-electron chi connectivity index (χ3n) is 7.72. The molecule has 0 N–H and O–H groups in total. The van der Waals surface area contributed by atoms with Crippen LogP contribution in [0, 0.1) is 11.6 Å². The Morgan fingerprint density at radius 1 is 1.00 bits per heavy atom. The maximum atomic E-state index is 14.7. The molecule has 0 atom stereocenters. The Kier molecular flexibility index (Phi) is 5.77. The van der Waals surface area contributed by atoms with E-state index in [9.17, 15) is 22.0 Å². The summed E-state index contributed by atoms with van der Waals surface area (Å²) in [5.74, 6) is -0.531. The van der Waals surface area contributed by atoms with E-state index in [0.29, 0.717) is 52.5 Å². The van der Waals surface area contributed by atoms with Crippen molar-refractivity contribution in [1.29, 1.82) is 0 Å². The molecule has 0 radical (unpaired) electrons. The zero-order valence-corrected chi connectivity index (χ0v) is 23.2. The summed E-state index contributed by atoms with van der Waals surface area (Å²) in [6.45, 7) is 0.662. The van der Waals surface area contributed by atoms with E-state index in [2.05, 4.69) is 4.98 Å². The molecule has 6 aromatic rings. The van der Waals surface area contributed by atoms with Gasteiger partial charge in [-0.3, -0.25) is 9.10 Å². The average Bonchev–Trinajstić information content (AvgIpc) is 3.55. The molecule has 0 bridgehead atoms. The number of hydrogen-bond donors (Lipinski definition) is 0. The monoisotopic (exact) mass is 584 g/mol. The van der Waals surface area contributed by atoms with Crippen molar-refractivity contribution in [2.75, 3.05) is 17.6 Å². The third kappa shape index (κ3) is 3.99. The van der Waals surface area contributed by atoms with Gasteiger partial charge in [0.25, 0.3) is 0 Å². The molecule has 0 amide bonds. The molecular weight excluding hydrogens is 562 g/mol. The highest BCUT2D eigenvalue weighted by molar-refractivity contribution is 7.92. The summed E-state index contributed by atoms with van der Waals surface area (Å²) in [7, 11) is -2.39. The topological polar surface area (TPSA) is 98.3 Å². The van der Waals surface area contributed by atoms with E-state index in [1.54, 1.807) is 24.3 Å². The number of aldehydes is 1. The average molecular weight is 585 g/mol. The lowest BCUT2D eigenvalue weighted by molar-refractivity contribution is 0.112. The van der Waals surface area contributed by atoms with Crippen LogP contribution in [0.15, 0.2) is 71.1 Å². The van der Waals surface area contributed by atoms with Gasteiger partial charge in [0.05, 0.1) is 39.8 Å². The van der Waals surface area contributed by atoms with E-state index < -0.39 is 15.8 Å². The van der Waals surface area contributed by atoms with Crippen molar-refractivity contribution in [3.05, 3.63) is 89.5 Å². The van der Waals surface area contributed by atoms with Gasteiger partial charge in [0.15, 0.2) is 12.1 Å². The molecular formula is C31H22F2N4O4S. The minimum absolute atomic E-state index is 0.0410. The number of halogens is 2. The van der Waals surface area contributed by atoms with Crippen LogP contribution in [-0.2, 0) is 23.0 Å². The van der Waals surface area contributed by atoms with Gasteiger partial charge < -0.3 is 8.98 Å². The molecule has 0 unspecified atom stereocenters. The Bertz CT molecular complexity index is 2190. The van der Waals surface area contributed by atoms with E-state index >= 15 is 0 Å². The first-order valence-corrected chi connectivity index (χ1v) is 14.9. The van der Waals surface area contributed by atoms with Gasteiger partial charge in [0.1, 0.15) is 17.4 Å². The maximum Gasteiger partial charge on any atom is 0.233 e. The number of fused-ring (bicyclic) bond motifs is 6. The van der Waals surface area contributed by atoms with Crippen molar-refractivity contribution in [3.8, 4) is 34.0 Å². The van der Waals surface area contributed by atoms with Gasteiger partial charge in [-0.1, -0.05) is 12.1 Å². The zero-order valence-electron chi connectivity index (χ0n) is 22.4. The second-order valence-electron chi connectivity index (χ2n) is 10.2. The second kappa shape index (κ2) is 9.31. The number of anilines is 1. The Morgan fingerprint density at radius 3 is 2.52 bits per heavy atom. The lowest BCUT2D eigenvalue weighted by Crippen LogP contribution is -2.26. The minimum Gasteiger partial charge on any atom is -0.437 e. The Morgan fingerprint density at radius 2 is 1.79 bits per heavy atom. The predicted molar refractivity (Wildman–Crippen MR) is 156 cm³/mol. The number of carbonyl (C=O) groups is 1. The summed E-state index contributed by atoms with van der Waals surface area (Å²) < 4.78 is 62.6. The normalized spacial score (nSPS) is 12.9. The van der Waals surface area contributed by atoms with Gasteiger partial charge in [-0.2, -0.15) is 4.98 Å². The van der Waals surface area contributed by atoms with E-state index in [-0.39, 0.29) is 28.7 Å². The molecule has 0 fully saturated rings. The Hall–Kier alpha value is -4.90. The summed E-state index contributed by atoms with van der Waals surface area (Å²) in [6.07, 6.45) is 2.36. The number of sulfonamides is 1. The van der Waals surface area contributed by atoms with Gasteiger partial charge in [-0.25, -0.2) is 22.2 Å². The summed E-state index contributed by atoms with van der Waals surface area (Å²) in [5, 5.41) is 0.844. The number of furan rings is 1. The van der Waals surface area contributed by atoms with Crippen LogP contribution in [0.1, 0.15) is 15.9 Å². The number of hydrogen-bond acceptors (Lipinski definition) is 6. The van der Waals surface area contributed by atoms with Gasteiger partial charge in [-0.05, 0) is 66.6 Å². The minimum atomic E-state index is -3.76. The SMILES string of the molecule is CN(c1nc2oc(-c3ccc(F)cc3)c(C=O)c2cc1-c1ccc2c(n1)-c1cc3c(F)cccc3n1CC2)S(C)(=O)=O. The highest BCUT2D eigenvalue weighted by Crippen LogP contribution is 2.40. The lowest BCUT2D eigenvalue weighted by Gasteiger charge is -2.22. The molecule has 4 aromatic heterocycles. The summed E-state index contributed by atoms with van der Waals surface area (Å²) >= 11 is 0. The molecule has 0 aliphatic carbocycles. The first-order chi connectivity index (χ1) is 20.1. The fourth-order valence-electron chi connectivity index (χ4n) is 5.53. The Labute approximate surface area is 238 Å². The number of carbonyl (C=O) groups excluding carboxylic acids is 1.